The lowest BCUT2D eigenvalue weighted by Crippen LogP contribution is -2.29. The highest BCUT2D eigenvalue weighted by Gasteiger charge is 2.31. The minimum absolute atomic E-state index is 0.174. The van der Waals surface area contributed by atoms with Crippen LogP contribution in [0, 0.1) is 0 Å². The maximum Gasteiger partial charge on any atom is 0.416 e. The van der Waals surface area contributed by atoms with Gasteiger partial charge in [-0.05, 0) is 50.4 Å². The number of fused-ring (bicyclic) bond motifs is 1. The second-order valence-electron chi connectivity index (χ2n) is 5.92. The summed E-state index contributed by atoms with van der Waals surface area (Å²) in [5.41, 5.74) is -0.105. The number of hydrogen-bond donors (Lipinski definition) is 1. The molecule has 0 aliphatic carbocycles. The Balaban J connectivity index is 1.75. The van der Waals surface area contributed by atoms with Crippen molar-refractivity contribution >= 4 is 11.1 Å². The highest BCUT2D eigenvalue weighted by atomic mass is 19.4. The van der Waals surface area contributed by atoms with E-state index in [2.05, 4.69) is 9.88 Å². The fraction of sp³-hybridized carbons (Fsp3) is 0.562. The Hall–Kier alpha value is -1.60. The molecule has 3 rings (SSSR count). The Morgan fingerprint density at radius 3 is 2.91 bits per heavy atom. The maximum atomic E-state index is 12.7. The first-order valence-electron chi connectivity index (χ1n) is 7.79. The van der Waals surface area contributed by atoms with Crippen LogP contribution >= 0.6 is 0 Å². The minimum Gasteiger partial charge on any atom is -0.439 e. The van der Waals surface area contributed by atoms with Crippen LogP contribution in [0.5, 0.6) is 0 Å². The molecule has 1 N–H and O–H groups in total. The summed E-state index contributed by atoms with van der Waals surface area (Å²) in [6.07, 6.45) is -0.566. The second kappa shape index (κ2) is 6.49. The van der Waals surface area contributed by atoms with Gasteiger partial charge in [-0.25, -0.2) is 4.98 Å². The van der Waals surface area contributed by atoms with E-state index in [1.165, 1.54) is 6.07 Å². The van der Waals surface area contributed by atoms with Gasteiger partial charge in [0.15, 0.2) is 5.58 Å². The molecular weight excluding hydrogens is 309 g/mol. The van der Waals surface area contributed by atoms with Gasteiger partial charge in [0.05, 0.1) is 12.1 Å². The summed E-state index contributed by atoms with van der Waals surface area (Å²) in [5, 5.41) is 8.95. The number of hydrogen-bond acceptors (Lipinski definition) is 4. The number of aliphatic hydroxyl groups excluding tert-OH is 1. The lowest BCUT2D eigenvalue weighted by atomic mass is 10.1. The van der Waals surface area contributed by atoms with E-state index in [-0.39, 0.29) is 12.1 Å². The number of likely N-dealkylation sites (tertiary alicyclic amines) is 1. The molecule has 7 heteroatoms. The average molecular weight is 328 g/mol. The van der Waals surface area contributed by atoms with Gasteiger partial charge in [0, 0.05) is 12.6 Å². The van der Waals surface area contributed by atoms with Crippen LogP contribution in [0.2, 0.25) is 0 Å². The summed E-state index contributed by atoms with van der Waals surface area (Å²) in [6, 6.07) is 3.73. The van der Waals surface area contributed by atoms with Crippen molar-refractivity contribution in [2.24, 2.45) is 0 Å². The van der Waals surface area contributed by atoms with Crippen LogP contribution < -0.4 is 0 Å². The summed E-state index contributed by atoms with van der Waals surface area (Å²) in [4.78, 5) is 6.43. The van der Waals surface area contributed by atoms with Crippen molar-refractivity contribution in [1.82, 2.24) is 9.88 Å². The quantitative estimate of drug-likeness (QED) is 0.911. The minimum atomic E-state index is -4.38. The van der Waals surface area contributed by atoms with Gasteiger partial charge in [0.1, 0.15) is 5.52 Å². The normalized spacial score (nSPS) is 19.7. The van der Waals surface area contributed by atoms with E-state index in [9.17, 15) is 13.2 Å². The van der Waals surface area contributed by atoms with Crippen LogP contribution in [0.15, 0.2) is 22.6 Å². The van der Waals surface area contributed by atoms with Crippen molar-refractivity contribution in [2.45, 2.75) is 44.4 Å². The lowest BCUT2D eigenvalue weighted by molar-refractivity contribution is -0.137. The highest BCUT2D eigenvalue weighted by molar-refractivity contribution is 5.73. The van der Waals surface area contributed by atoms with Gasteiger partial charge in [-0.3, -0.25) is 4.90 Å². The molecule has 0 saturated carbocycles. The number of benzene rings is 1. The molecule has 1 aromatic carbocycles. The van der Waals surface area contributed by atoms with E-state index in [0.29, 0.717) is 24.1 Å². The zero-order valence-electron chi connectivity index (χ0n) is 12.6. The highest BCUT2D eigenvalue weighted by Crippen LogP contribution is 2.32. The third-order valence-corrected chi connectivity index (χ3v) is 4.29. The SMILES string of the molecule is OCCCC1CCCN1Cc1nc2cc(C(F)(F)F)ccc2o1. The predicted octanol–water partition coefficient (Wildman–Crippen LogP) is 3.58. The summed E-state index contributed by atoms with van der Waals surface area (Å²) in [6.45, 7) is 1.59. The molecule has 0 amide bonds. The van der Waals surface area contributed by atoms with Crippen molar-refractivity contribution in [1.29, 1.82) is 0 Å². The molecule has 2 heterocycles. The van der Waals surface area contributed by atoms with Gasteiger partial charge < -0.3 is 9.52 Å². The molecule has 23 heavy (non-hydrogen) atoms. The smallest absolute Gasteiger partial charge is 0.416 e. The monoisotopic (exact) mass is 328 g/mol. The zero-order valence-corrected chi connectivity index (χ0v) is 12.6. The van der Waals surface area contributed by atoms with Gasteiger partial charge in [-0.2, -0.15) is 13.2 Å². The van der Waals surface area contributed by atoms with E-state index in [4.69, 9.17) is 9.52 Å². The maximum absolute atomic E-state index is 12.7. The number of halogens is 3. The van der Waals surface area contributed by atoms with Gasteiger partial charge in [-0.1, -0.05) is 0 Å². The number of alkyl halides is 3. The van der Waals surface area contributed by atoms with Crippen LogP contribution in [-0.2, 0) is 12.7 Å². The predicted molar refractivity (Wildman–Crippen MR) is 78.8 cm³/mol. The molecular formula is C16H19F3N2O2. The molecule has 126 valence electrons. The van der Waals surface area contributed by atoms with E-state index < -0.39 is 11.7 Å². The molecule has 1 saturated heterocycles. The second-order valence-corrected chi connectivity index (χ2v) is 5.92. The van der Waals surface area contributed by atoms with Gasteiger partial charge in [-0.15, -0.1) is 0 Å². The Bertz CT molecular complexity index is 669. The largest absolute Gasteiger partial charge is 0.439 e. The van der Waals surface area contributed by atoms with E-state index >= 15 is 0 Å². The van der Waals surface area contributed by atoms with Gasteiger partial charge in [0.2, 0.25) is 5.89 Å². The van der Waals surface area contributed by atoms with Gasteiger partial charge >= 0.3 is 6.18 Å². The fourth-order valence-corrected chi connectivity index (χ4v) is 3.15. The van der Waals surface area contributed by atoms with Crippen molar-refractivity contribution < 1.29 is 22.7 Å². The molecule has 1 atom stereocenters. The molecule has 1 aliphatic rings. The first-order valence-corrected chi connectivity index (χ1v) is 7.79. The van der Waals surface area contributed by atoms with E-state index in [0.717, 1.165) is 44.4 Å². The Kier molecular flexibility index (Phi) is 4.59. The van der Waals surface area contributed by atoms with Crippen LogP contribution in [0.25, 0.3) is 11.1 Å². The number of aromatic nitrogens is 1. The summed E-state index contributed by atoms with van der Waals surface area (Å²) in [5.74, 6) is 0.440. The Labute approximate surface area is 131 Å². The van der Waals surface area contributed by atoms with E-state index in [1.54, 1.807) is 0 Å². The third-order valence-electron chi connectivity index (χ3n) is 4.29. The summed E-state index contributed by atoms with van der Waals surface area (Å²) < 4.78 is 43.8. The van der Waals surface area contributed by atoms with Crippen molar-refractivity contribution in [2.75, 3.05) is 13.2 Å². The summed E-state index contributed by atoms with van der Waals surface area (Å²) in [7, 11) is 0. The van der Waals surface area contributed by atoms with Gasteiger partial charge in [0.25, 0.3) is 0 Å². The number of oxazole rings is 1. The van der Waals surface area contributed by atoms with Crippen LogP contribution in [0.3, 0.4) is 0 Å². The molecule has 0 radical (unpaired) electrons. The van der Waals surface area contributed by atoms with Crippen LogP contribution in [0.4, 0.5) is 13.2 Å². The molecule has 1 aliphatic heterocycles. The first kappa shape index (κ1) is 16.3. The molecule has 1 aromatic heterocycles. The van der Waals surface area contributed by atoms with Crippen LogP contribution in [0.1, 0.15) is 37.1 Å². The molecule has 0 spiro atoms. The van der Waals surface area contributed by atoms with Crippen LogP contribution in [-0.4, -0.2) is 34.2 Å². The third kappa shape index (κ3) is 3.67. The fourth-order valence-electron chi connectivity index (χ4n) is 3.15. The molecule has 4 nitrogen and oxygen atoms in total. The Morgan fingerprint density at radius 1 is 1.35 bits per heavy atom. The molecule has 0 bridgehead atoms. The van der Waals surface area contributed by atoms with Crippen molar-refractivity contribution in [3.63, 3.8) is 0 Å². The number of rotatable bonds is 5. The molecule has 2 aromatic rings. The molecule has 1 unspecified atom stereocenters. The van der Waals surface area contributed by atoms with Crippen molar-refractivity contribution in [3.8, 4) is 0 Å². The lowest BCUT2D eigenvalue weighted by Gasteiger charge is -2.22. The number of aliphatic hydroxyl groups is 1. The molecule has 1 fully saturated rings. The Morgan fingerprint density at radius 2 is 2.17 bits per heavy atom. The first-order chi connectivity index (χ1) is 11.0. The zero-order chi connectivity index (χ0) is 16.4. The number of nitrogens with zero attached hydrogens (tertiary/aromatic N) is 2. The standard InChI is InChI=1S/C16H19F3N2O2/c17-16(18,19)11-5-6-14-13(9-11)20-15(23-14)10-21-7-1-3-12(21)4-2-8-22/h5-6,9,12,22H,1-4,7-8,10H2. The van der Waals surface area contributed by atoms with E-state index in [1.807, 2.05) is 0 Å². The summed E-state index contributed by atoms with van der Waals surface area (Å²) >= 11 is 0. The van der Waals surface area contributed by atoms with Crippen molar-refractivity contribution in [3.05, 3.63) is 29.7 Å². The topological polar surface area (TPSA) is 49.5 Å². The average Bonchev–Trinajstić information content (AvgIpc) is 3.09.